The van der Waals surface area contributed by atoms with Crippen molar-refractivity contribution in [3.8, 4) is 0 Å². The molecule has 3 amide bonds. The quantitative estimate of drug-likeness (QED) is 0.234. The van der Waals surface area contributed by atoms with E-state index in [0.717, 1.165) is 31.2 Å². The number of fused-ring (bicyclic) bond motifs is 1. The van der Waals surface area contributed by atoms with E-state index in [2.05, 4.69) is 47.9 Å². The van der Waals surface area contributed by atoms with Crippen molar-refractivity contribution in [1.29, 1.82) is 0 Å². The van der Waals surface area contributed by atoms with Gasteiger partial charge in [0.25, 0.3) is 5.91 Å². The molecule has 0 aliphatic rings. The summed E-state index contributed by atoms with van der Waals surface area (Å²) in [6.07, 6.45) is 0. The first-order chi connectivity index (χ1) is 17.0. The molecule has 0 aliphatic carbocycles. The van der Waals surface area contributed by atoms with Gasteiger partial charge in [0.1, 0.15) is 5.69 Å². The second kappa shape index (κ2) is 10.3. The number of amides is 3. The molecular formula is C27H24Br2N4O3. The van der Waals surface area contributed by atoms with Crippen LogP contribution in [-0.2, 0) is 9.59 Å². The van der Waals surface area contributed by atoms with Gasteiger partial charge in [0.15, 0.2) is 0 Å². The molecule has 7 nitrogen and oxygen atoms in total. The molecule has 0 saturated carbocycles. The standard InChI is InChI=1S/C27H24Br2N4O3/c1-14-9-16(3)24(17(4)10-14)31-26(35)27(36)32-33-22-8-5-19(28)12-18(22)13-23(33)25(34)30-20-6-7-21(29)15(2)11-20/h5-13H,1-4H3,(H,30,34)(H,31,35)(H,32,36). The van der Waals surface area contributed by atoms with Gasteiger partial charge in [-0.2, -0.15) is 0 Å². The molecule has 36 heavy (non-hydrogen) atoms. The smallest absolute Gasteiger partial charge is 0.321 e. The van der Waals surface area contributed by atoms with Crippen LogP contribution in [0.3, 0.4) is 0 Å². The Bertz CT molecular complexity index is 1520. The van der Waals surface area contributed by atoms with Gasteiger partial charge in [-0.3, -0.25) is 19.8 Å². The lowest BCUT2D eigenvalue weighted by molar-refractivity contribution is -0.133. The summed E-state index contributed by atoms with van der Waals surface area (Å²) in [5.41, 5.74) is 8.27. The number of nitrogens with zero attached hydrogens (tertiary/aromatic N) is 1. The van der Waals surface area contributed by atoms with Gasteiger partial charge in [-0.25, -0.2) is 4.68 Å². The van der Waals surface area contributed by atoms with Gasteiger partial charge >= 0.3 is 11.8 Å². The molecule has 3 aromatic carbocycles. The lowest BCUT2D eigenvalue weighted by atomic mass is 10.1. The maximum atomic E-state index is 13.2. The molecule has 184 valence electrons. The topological polar surface area (TPSA) is 92.2 Å². The minimum absolute atomic E-state index is 0.174. The van der Waals surface area contributed by atoms with Crippen LogP contribution in [0.5, 0.6) is 0 Å². The van der Waals surface area contributed by atoms with Crippen LogP contribution < -0.4 is 16.1 Å². The second-order valence-corrected chi connectivity index (χ2v) is 10.4. The zero-order valence-corrected chi connectivity index (χ0v) is 23.3. The fraction of sp³-hybridized carbons (Fsp3) is 0.148. The van der Waals surface area contributed by atoms with Gasteiger partial charge in [0.2, 0.25) is 0 Å². The summed E-state index contributed by atoms with van der Waals surface area (Å²) in [4.78, 5) is 39.0. The van der Waals surface area contributed by atoms with Crippen molar-refractivity contribution >= 4 is 71.9 Å². The molecular weight excluding hydrogens is 588 g/mol. The Hall–Kier alpha value is -3.43. The summed E-state index contributed by atoms with van der Waals surface area (Å²) in [6.45, 7) is 7.63. The highest BCUT2D eigenvalue weighted by Gasteiger charge is 2.22. The maximum absolute atomic E-state index is 13.2. The lowest BCUT2D eigenvalue weighted by Gasteiger charge is -2.15. The number of hydrogen-bond donors (Lipinski definition) is 3. The van der Waals surface area contributed by atoms with E-state index in [0.29, 0.717) is 22.3 Å². The van der Waals surface area contributed by atoms with Gasteiger partial charge in [-0.05, 0) is 86.8 Å². The van der Waals surface area contributed by atoms with E-state index >= 15 is 0 Å². The van der Waals surface area contributed by atoms with Crippen LogP contribution in [0.2, 0.25) is 0 Å². The van der Waals surface area contributed by atoms with E-state index in [1.165, 1.54) is 4.68 Å². The number of carbonyl (C=O) groups is 3. The van der Waals surface area contributed by atoms with Crippen molar-refractivity contribution in [2.75, 3.05) is 16.1 Å². The number of anilines is 2. The Morgan fingerprint density at radius 1 is 0.750 bits per heavy atom. The van der Waals surface area contributed by atoms with E-state index in [4.69, 9.17) is 0 Å². The summed E-state index contributed by atoms with van der Waals surface area (Å²) in [5.74, 6) is -2.17. The molecule has 3 N–H and O–H groups in total. The largest absolute Gasteiger partial charge is 0.328 e. The summed E-state index contributed by atoms with van der Waals surface area (Å²) >= 11 is 6.89. The molecule has 4 aromatic rings. The monoisotopic (exact) mass is 610 g/mol. The van der Waals surface area contributed by atoms with Crippen LogP contribution in [-0.4, -0.2) is 22.4 Å². The molecule has 0 bridgehead atoms. The van der Waals surface area contributed by atoms with Crippen LogP contribution in [0.25, 0.3) is 10.9 Å². The molecule has 0 unspecified atom stereocenters. The first kappa shape index (κ1) is 25.7. The minimum atomic E-state index is -0.900. The molecule has 0 atom stereocenters. The highest BCUT2D eigenvalue weighted by molar-refractivity contribution is 9.10. The molecule has 0 radical (unpaired) electrons. The van der Waals surface area contributed by atoms with Crippen LogP contribution in [0.15, 0.2) is 63.5 Å². The summed E-state index contributed by atoms with van der Waals surface area (Å²) in [7, 11) is 0. The Kier molecular flexibility index (Phi) is 7.33. The van der Waals surface area contributed by atoms with Crippen molar-refractivity contribution in [1.82, 2.24) is 4.68 Å². The minimum Gasteiger partial charge on any atom is -0.321 e. The van der Waals surface area contributed by atoms with Crippen LogP contribution >= 0.6 is 31.9 Å². The first-order valence-electron chi connectivity index (χ1n) is 11.1. The SMILES string of the molecule is Cc1cc(C)c(NC(=O)C(=O)Nn2c(C(=O)Nc3ccc(Br)c(C)c3)cc3cc(Br)ccc32)c(C)c1. The molecule has 0 spiro atoms. The molecule has 0 saturated heterocycles. The van der Waals surface area contributed by atoms with Gasteiger partial charge in [0.05, 0.1) is 5.52 Å². The third-order valence-electron chi connectivity index (χ3n) is 5.75. The van der Waals surface area contributed by atoms with E-state index in [9.17, 15) is 14.4 Å². The van der Waals surface area contributed by atoms with Gasteiger partial charge in [0, 0.05) is 25.7 Å². The molecule has 0 fully saturated rings. The lowest BCUT2D eigenvalue weighted by Crippen LogP contribution is -2.36. The molecule has 1 heterocycles. The van der Waals surface area contributed by atoms with Gasteiger partial charge in [-0.15, -0.1) is 0 Å². The fourth-order valence-electron chi connectivity index (χ4n) is 4.09. The van der Waals surface area contributed by atoms with Gasteiger partial charge < -0.3 is 10.6 Å². The van der Waals surface area contributed by atoms with Crippen LogP contribution in [0.4, 0.5) is 11.4 Å². The highest BCUT2D eigenvalue weighted by atomic mass is 79.9. The molecule has 9 heteroatoms. The van der Waals surface area contributed by atoms with E-state index in [1.54, 1.807) is 24.3 Å². The average Bonchev–Trinajstić information content (AvgIpc) is 3.15. The zero-order chi connectivity index (χ0) is 26.1. The second-order valence-electron chi connectivity index (χ2n) is 8.65. The highest BCUT2D eigenvalue weighted by Crippen LogP contribution is 2.26. The number of halogens is 2. The summed E-state index contributed by atoms with van der Waals surface area (Å²) < 4.78 is 3.08. The Morgan fingerprint density at radius 3 is 2.11 bits per heavy atom. The number of benzene rings is 3. The van der Waals surface area contributed by atoms with Crippen molar-refractivity contribution in [2.45, 2.75) is 27.7 Å². The number of aryl methyl sites for hydroxylation is 4. The predicted octanol–water partition coefficient (Wildman–Crippen LogP) is 6.36. The first-order valence-corrected chi connectivity index (χ1v) is 12.7. The molecule has 4 rings (SSSR count). The summed E-state index contributed by atoms with van der Waals surface area (Å²) in [6, 6.07) is 16.4. The summed E-state index contributed by atoms with van der Waals surface area (Å²) in [5, 5.41) is 6.27. The average molecular weight is 612 g/mol. The third kappa shape index (κ3) is 5.37. The Morgan fingerprint density at radius 2 is 1.44 bits per heavy atom. The normalized spacial score (nSPS) is 10.8. The van der Waals surface area contributed by atoms with Crippen molar-refractivity contribution in [3.63, 3.8) is 0 Å². The Labute approximate surface area is 225 Å². The number of nitrogens with one attached hydrogen (secondary N) is 3. The van der Waals surface area contributed by atoms with Gasteiger partial charge in [-0.1, -0.05) is 49.6 Å². The van der Waals surface area contributed by atoms with Crippen molar-refractivity contribution < 1.29 is 14.4 Å². The van der Waals surface area contributed by atoms with Crippen molar-refractivity contribution in [2.24, 2.45) is 0 Å². The number of rotatable bonds is 4. The number of carbonyl (C=O) groups excluding carboxylic acids is 3. The van der Waals surface area contributed by atoms with E-state index in [-0.39, 0.29) is 5.69 Å². The number of aromatic nitrogens is 1. The van der Waals surface area contributed by atoms with Crippen molar-refractivity contribution in [3.05, 3.63) is 91.5 Å². The van der Waals surface area contributed by atoms with E-state index in [1.807, 2.05) is 58.0 Å². The van der Waals surface area contributed by atoms with Crippen LogP contribution in [0, 0.1) is 27.7 Å². The van der Waals surface area contributed by atoms with Crippen LogP contribution in [0.1, 0.15) is 32.7 Å². The Balaban J connectivity index is 1.64. The predicted molar refractivity (Wildman–Crippen MR) is 150 cm³/mol. The fourth-order valence-corrected chi connectivity index (χ4v) is 4.72. The van der Waals surface area contributed by atoms with E-state index < -0.39 is 17.7 Å². The zero-order valence-electron chi connectivity index (χ0n) is 20.1. The number of hydrogen-bond acceptors (Lipinski definition) is 3. The maximum Gasteiger partial charge on any atom is 0.328 e. The third-order valence-corrected chi connectivity index (χ3v) is 7.13. The molecule has 0 aliphatic heterocycles. The molecule has 1 aromatic heterocycles.